The van der Waals surface area contributed by atoms with E-state index < -0.39 is 5.97 Å². The Kier molecular flexibility index (Phi) is 3.81. The molecule has 0 atom stereocenters. The molecule has 1 heterocycles. The summed E-state index contributed by atoms with van der Waals surface area (Å²) in [5, 5.41) is 8.98. The van der Waals surface area contributed by atoms with E-state index in [2.05, 4.69) is 15.9 Å². The minimum atomic E-state index is -0.979. The van der Waals surface area contributed by atoms with Crippen LogP contribution in [0.5, 0.6) is 5.75 Å². The topological polar surface area (TPSA) is 46.5 Å². The number of para-hydroxylation sites is 1. The van der Waals surface area contributed by atoms with Gasteiger partial charge in [-0.05, 0) is 40.2 Å². The monoisotopic (exact) mass is 312 g/mol. The maximum Gasteiger partial charge on any atom is 0.339 e. The zero-order chi connectivity index (χ0) is 12.3. The van der Waals surface area contributed by atoms with Gasteiger partial charge in [-0.1, -0.05) is 12.1 Å². The van der Waals surface area contributed by atoms with E-state index in [-0.39, 0.29) is 5.56 Å². The largest absolute Gasteiger partial charge is 0.487 e. The molecule has 1 aromatic heterocycles. The molecule has 0 spiro atoms. The fourth-order valence-electron chi connectivity index (χ4n) is 1.35. The smallest absolute Gasteiger partial charge is 0.339 e. The van der Waals surface area contributed by atoms with Gasteiger partial charge < -0.3 is 9.84 Å². The van der Waals surface area contributed by atoms with Crippen LogP contribution in [0.3, 0.4) is 0 Å². The van der Waals surface area contributed by atoms with Gasteiger partial charge in [-0.15, -0.1) is 11.3 Å². The number of hydrogen-bond acceptors (Lipinski definition) is 3. The number of benzene rings is 1. The molecule has 0 saturated heterocycles. The van der Waals surface area contributed by atoms with E-state index in [1.54, 1.807) is 29.5 Å². The third-order valence-electron chi connectivity index (χ3n) is 2.12. The molecule has 0 saturated carbocycles. The molecular weight excluding hydrogens is 304 g/mol. The molecule has 1 aromatic carbocycles. The number of carbonyl (C=O) groups is 1. The van der Waals surface area contributed by atoms with Crippen molar-refractivity contribution in [2.75, 3.05) is 0 Å². The van der Waals surface area contributed by atoms with E-state index in [0.717, 1.165) is 8.66 Å². The van der Waals surface area contributed by atoms with Gasteiger partial charge in [0.25, 0.3) is 0 Å². The summed E-state index contributed by atoms with van der Waals surface area (Å²) in [4.78, 5) is 12.0. The number of carboxylic acid groups (broad SMARTS) is 1. The number of halogens is 1. The van der Waals surface area contributed by atoms with Crippen LogP contribution in [0, 0.1) is 0 Å². The van der Waals surface area contributed by atoms with E-state index in [1.807, 2.05) is 12.1 Å². The number of ether oxygens (including phenoxy) is 1. The normalized spacial score (nSPS) is 10.2. The number of aromatic carboxylic acids is 1. The Morgan fingerprint density at radius 1 is 1.29 bits per heavy atom. The first-order valence-electron chi connectivity index (χ1n) is 4.86. The van der Waals surface area contributed by atoms with Crippen LogP contribution < -0.4 is 4.74 Å². The Bertz CT molecular complexity index is 536. The van der Waals surface area contributed by atoms with Gasteiger partial charge in [-0.2, -0.15) is 0 Å². The molecule has 0 bridgehead atoms. The second kappa shape index (κ2) is 5.33. The van der Waals surface area contributed by atoms with Crippen LogP contribution >= 0.6 is 27.3 Å². The predicted molar refractivity (Wildman–Crippen MR) is 69.8 cm³/mol. The van der Waals surface area contributed by atoms with E-state index in [4.69, 9.17) is 9.84 Å². The van der Waals surface area contributed by atoms with Crippen LogP contribution in [0.4, 0.5) is 0 Å². The van der Waals surface area contributed by atoms with E-state index >= 15 is 0 Å². The molecule has 1 N–H and O–H groups in total. The zero-order valence-electron chi connectivity index (χ0n) is 8.72. The Balaban J connectivity index is 2.11. The van der Waals surface area contributed by atoms with Crippen LogP contribution in [-0.4, -0.2) is 11.1 Å². The zero-order valence-corrected chi connectivity index (χ0v) is 11.1. The average molecular weight is 313 g/mol. The molecule has 0 unspecified atom stereocenters. The molecule has 0 aliphatic carbocycles. The third kappa shape index (κ3) is 3.08. The minimum Gasteiger partial charge on any atom is -0.487 e. The predicted octanol–water partition coefficient (Wildman–Crippen LogP) is 3.79. The van der Waals surface area contributed by atoms with Crippen molar-refractivity contribution in [3.63, 3.8) is 0 Å². The molecule has 0 amide bonds. The van der Waals surface area contributed by atoms with Gasteiger partial charge in [0.05, 0.1) is 3.79 Å². The van der Waals surface area contributed by atoms with E-state index in [1.165, 1.54) is 6.07 Å². The summed E-state index contributed by atoms with van der Waals surface area (Å²) in [5.41, 5.74) is 0.183. The molecule has 0 fully saturated rings. The summed E-state index contributed by atoms with van der Waals surface area (Å²) < 4.78 is 6.54. The van der Waals surface area contributed by atoms with Crippen molar-refractivity contribution in [3.05, 3.63) is 50.6 Å². The molecular formula is C12H9BrO3S. The molecule has 2 aromatic rings. The van der Waals surface area contributed by atoms with E-state index in [9.17, 15) is 4.79 Å². The highest BCUT2D eigenvalue weighted by Crippen LogP contribution is 2.24. The lowest BCUT2D eigenvalue weighted by Crippen LogP contribution is -2.02. The Morgan fingerprint density at radius 3 is 2.71 bits per heavy atom. The summed E-state index contributed by atoms with van der Waals surface area (Å²) in [6, 6.07) is 10.5. The maximum atomic E-state index is 11.0. The van der Waals surface area contributed by atoms with Gasteiger partial charge in [0.2, 0.25) is 0 Å². The lowest BCUT2D eigenvalue weighted by molar-refractivity contribution is 0.0692. The van der Waals surface area contributed by atoms with Gasteiger partial charge in [0.1, 0.15) is 17.9 Å². The molecule has 2 rings (SSSR count). The van der Waals surface area contributed by atoms with E-state index in [0.29, 0.717) is 12.4 Å². The van der Waals surface area contributed by atoms with Crippen LogP contribution in [-0.2, 0) is 6.61 Å². The van der Waals surface area contributed by atoms with Crippen molar-refractivity contribution in [1.29, 1.82) is 0 Å². The van der Waals surface area contributed by atoms with Crippen molar-refractivity contribution in [3.8, 4) is 5.75 Å². The fourth-order valence-corrected chi connectivity index (χ4v) is 2.74. The standard InChI is InChI=1S/C12H9BrO3S/c13-11-6-5-8(17-11)7-16-10-4-2-1-3-9(10)12(14)15/h1-6H,7H2,(H,14,15). The lowest BCUT2D eigenvalue weighted by atomic mass is 10.2. The number of hydrogen-bond donors (Lipinski definition) is 1. The molecule has 0 radical (unpaired) electrons. The first-order chi connectivity index (χ1) is 8.16. The van der Waals surface area contributed by atoms with Crippen molar-refractivity contribution in [2.24, 2.45) is 0 Å². The highest BCUT2D eigenvalue weighted by molar-refractivity contribution is 9.11. The molecule has 17 heavy (non-hydrogen) atoms. The van der Waals surface area contributed by atoms with Crippen LogP contribution in [0.2, 0.25) is 0 Å². The van der Waals surface area contributed by atoms with Gasteiger partial charge >= 0.3 is 5.97 Å². The van der Waals surface area contributed by atoms with Crippen LogP contribution in [0.1, 0.15) is 15.2 Å². The summed E-state index contributed by atoms with van der Waals surface area (Å²) >= 11 is 4.93. The Morgan fingerprint density at radius 2 is 2.06 bits per heavy atom. The number of rotatable bonds is 4. The van der Waals surface area contributed by atoms with Gasteiger partial charge in [-0.25, -0.2) is 4.79 Å². The highest BCUT2D eigenvalue weighted by Gasteiger charge is 2.10. The second-order valence-corrected chi connectivity index (χ2v) is 5.84. The molecule has 5 heteroatoms. The van der Waals surface area contributed by atoms with Gasteiger partial charge in [0.15, 0.2) is 0 Å². The Hall–Kier alpha value is -1.33. The van der Waals surface area contributed by atoms with Gasteiger partial charge in [-0.3, -0.25) is 0 Å². The molecule has 3 nitrogen and oxygen atoms in total. The van der Waals surface area contributed by atoms with Crippen LogP contribution in [0.15, 0.2) is 40.2 Å². The summed E-state index contributed by atoms with van der Waals surface area (Å²) in [6.45, 7) is 0.376. The average Bonchev–Trinajstić information content (AvgIpc) is 2.73. The molecule has 0 aliphatic heterocycles. The highest BCUT2D eigenvalue weighted by atomic mass is 79.9. The first-order valence-corrected chi connectivity index (χ1v) is 6.47. The quantitative estimate of drug-likeness (QED) is 0.934. The van der Waals surface area contributed by atoms with Gasteiger partial charge in [0, 0.05) is 4.88 Å². The third-order valence-corrected chi connectivity index (χ3v) is 3.71. The maximum absolute atomic E-state index is 11.0. The summed E-state index contributed by atoms with van der Waals surface area (Å²) in [5.74, 6) is -0.586. The van der Waals surface area contributed by atoms with Crippen molar-refractivity contribution in [1.82, 2.24) is 0 Å². The minimum absolute atomic E-state index is 0.183. The summed E-state index contributed by atoms with van der Waals surface area (Å²) in [6.07, 6.45) is 0. The van der Waals surface area contributed by atoms with Crippen molar-refractivity contribution in [2.45, 2.75) is 6.61 Å². The molecule has 88 valence electrons. The Labute approximate surface area is 111 Å². The molecule has 0 aliphatic rings. The number of thiophene rings is 1. The number of carboxylic acids is 1. The SMILES string of the molecule is O=C(O)c1ccccc1OCc1ccc(Br)s1. The summed E-state index contributed by atoms with van der Waals surface area (Å²) in [7, 11) is 0. The first kappa shape index (κ1) is 12.1. The van der Waals surface area contributed by atoms with Crippen molar-refractivity contribution >= 4 is 33.2 Å². The fraction of sp³-hybridized carbons (Fsp3) is 0.0833. The van der Waals surface area contributed by atoms with Crippen LogP contribution in [0.25, 0.3) is 0 Å². The second-order valence-electron chi connectivity index (χ2n) is 3.30. The lowest BCUT2D eigenvalue weighted by Gasteiger charge is -2.07. The van der Waals surface area contributed by atoms with Crippen molar-refractivity contribution < 1.29 is 14.6 Å².